The molecule has 1 aromatic carbocycles. The number of anilines is 1. The molecule has 1 aliphatic heterocycles. The summed E-state index contributed by atoms with van der Waals surface area (Å²) in [6.07, 6.45) is 1.82. The lowest BCUT2D eigenvalue weighted by molar-refractivity contribution is 0.101. The van der Waals surface area contributed by atoms with Gasteiger partial charge < -0.3 is 9.64 Å². The van der Waals surface area contributed by atoms with E-state index in [4.69, 9.17) is 4.74 Å². The maximum atomic E-state index is 6.03. The quantitative estimate of drug-likeness (QED) is 0.828. The maximum Gasteiger partial charge on any atom is 0.172 e. The summed E-state index contributed by atoms with van der Waals surface area (Å²) < 4.78 is 6.03. The number of nitrogens with zero attached hydrogens (tertiary/aromatic N) is 2. The normalized spacial score (nSPS) is 18.1. The second kappa shape index (κ2) is 4.82. The van der Waals surface area contributed by atoms with Gasteiger partial charge in [-0.1, -0.05) is 30.3 Å². The lowest BCUT2D eigenvalue weighted by Gasteiger charge is -2.42. The van der Waals surface area contributed by atoms with Gasteiger partial charge in [0.25, 0.3) is 0 Å². The molecule has 0 aliphatic carbocycles. The van der Waals surface area contributed by atoms with Crippen LogP contribution in [0.1, 0.15) is 32.4 Å². The molecule has 0 saturated heterocycles. The Hall–Kier alpha value is -2.03. The van der Waals surface area contributed by atoms with Gasteiger partial charge in [0.2, 0.25) is 0 Å². The smallest absolute Gasteiger partial charge is 0.172 e. The van der Waals surface area contributed by atoms with Gasteiger partial charge in [-0.3, -0.25) is 0 Å². The molecule has 20 heavy (non-hydrogen) atoms. The van der Waals surface area contributed by atoms with Crippen LogP contribution in [-0.4, -0.2) is 17.1 Å². The Morgan fingerprint density at radius 3 is 2.65 bits per heavy atom. The van der Waals surface area contributed by atoms with Crippen LogP contribution >= 0.6 is 0 Å². The molecule has 0 N–H and O–H groups in total. The fourth-order valence-corrected chi connectivity index (χ4v) is 2.72. The zero-order valence-corrected chi connectivity index (χ0v) is 12.2. The summed E-state index contributed by atoms with van der Waals surface area (Å²) in [4.78, 5) is 6.84. The fraction of sp³-hybridized carbons (Fsp3) is 0.353. The lowest BCUT2D eigenvalue weighted by atomic mass is 10.0. The number of aromatic nitrogens is 1. The van der Waals surface area contributed by atoms with Crippen LogP contribution in [0.25, 0.3) is 0 Å². The van der Waals surface area contributed by atoms with E-state index in [2.05, 4.69) is 54.9 Å². The van der Waals surface area contributed by atoms with Crippen molar-refractivity contribution in [3.05, 3.63) is 54.2 Å². The second-order valence-corrected chi connectivity index (χ2v) is 5.90. The van der Waals surface area contributed by atoms with Gasteiger partial charge >= 0.3 is 0 Å². The molecule has 0 saturated carbocycles. The molecule has 1 atom stereocenters. The molecular formula is C17H20N2O. The average molecular weight is 268 g/mol. The molecule has 1 unspecified atom stereocenters. The Balaban J connectivity index is 2.00. The van der Waals surface area contributed by atoms with E-state index in [0.29, 0.717) is 0 Å². The monoisotopic (exact) mass is 268 g/mol. The van der Waals surface area contributed by atoms with E-state index in [9.17, 15) is 0 Å². The van der Waals surface area contributed by atoms with Gasteiger partial charge in [0, 0.05) is 6.20 Å². The minimum absolute atomic E-state index is 0.209. The predicted octanol–water partition coefficient (Wildman–Crippen LogP) is 3.82. The van der Waals surface area contributed by atoms with Crippen LogP contribution in [0.4, 0.5) is 5.82 Å². The Labute approximate surface area is 120 Å². The summed E-state index contributed by atoms with van der Waals surface area (Å²) in [5, 5.41) is 0. The second-order valence-electron chi connectivity index (χ2n) is 5.90. The van der Waals surface area contributed by atoms with Crippen LogP contribution < -0.4 is 9.64 Å². The zero-order chi connectivity index (χ0) is 14.2. The third-order valence-corrected chi connectivity index (χ3v) is 3.71. The number of hydrogen-bond donors (Lipinski definition) is 0. The molecule has 2 aromatic rings. The Kier molecular flexibility index (Phi) is 3.13. The predicted molar refractivity (Wildman–Crippen MR) is 81.1 cm³/mol. The van der Waals surface area contributed by atoms with Crippen molar-refractivity contribution in [2.75, 3.05) is 11.4 Å². The third-order valence-electron chi connectivity index (χ3n) is 3.71. The molecule has 0 spiro atoms. The molecule has 3 heteroatoms. The lowest BCUT2D eigenvalue weighted by Crippen LogP contribution is -2.48. The minimum atomic E-state index is -0.209. The molecule has 104 valence electrons. The van der Waals surface area contributed by atoms with Gasteiger partial charge in [-0.25, -0.2) is 4.98 Å². The van der Waals surface area contributed by atoms with Gasteiger partial charge in [-0.05, 0) is 38.5 Å². The first-order chi connectivity index (χ1) is 9.57. The van der Waals surface area contributed by atoms with Crippen molar-refractivity contribution in [2.45, 2.75) is 32.4 Å². The highest BCUT2D eigenvalue weighted by Gasteiger charge is 2.34. The number of hydrogen-bond acceptors (Lipinski definition) is 3. The van der Waals surface area contributed by atoms with E-state index >= 15 is 0 Å². The maximum absolute atomic E-state index is 6.03. The van der Waals surface area contributed by atoms with Crippen molar-refractivity contribution in [1.29, 1.82) is 0 Å². The summed E-state index contributed by atoms with van der Waals surface area (Å²) in [6, 6.07) is 14.7. The van der Waals surface area contributed by atoms with Crippen molar-refractivity contribution in [1.82, 2.24) is 4.98 Å². The van der Waals surface area contributed by atoms with Crippen molar-refractivity contribution in [2.24, 2.45) is 0 Å². The molecule has 0 fully saturated rings. The van der Waals surface area contributed by atoms with Crippen LogP contribution in [0.3, 0.4) is 0 Å². The standard InChI is InChI=1S/C17H20N2O/c1-13(14-8-5-4-6-9-14)19-12-17(2,3)20-15-10-7-11-18-16(15)19/h4-11,13H,12H2,1-3H3. The van der Waals surface area contributed by atoms with Crippen LogP contribution in [0.2, 0.25) is 0 Å². The van der Waals surface area contributed by atoms with Gasteiger partial charge in [-0.2, -0.15) is 0 Å². The molecule has 3 rings (SSSR count). The Morgan fingerprint density at radius 1 is 1.15 bits per heavy atom. The van der Waals surface area contributed by atoms with E-state index in [1.54, 1.807) is 0 Å². The summed E-state index contributed by atoms with van der Waals surface area (Å²) >= 11 is 0. The first-order valence-corrected chi connectivity index (χ1v) is 7.02. The molecule has 0 bridgehead atoms. The van der Waals surface area contributed by atoms with Gasteiger partial charge in [-0.15, -0.1) is 0 Å². The molecule has 1 aliphatic rings. The number of benzene rings is 1. The minimum Gasteiger partial charge on any atom is -0.482 e. The molecular weight excluding hydrogens is 248 g/mol. The van der Waals surface area contributed by atoms with E-state index in [-0.39, 0.29) is 11.6 Å². The Morgan fingerprint density at radius 2 is 1.90 bits per heavy atom. The highest BCUT2D eigenvalue weighted by atomic mass is 16.5. The summed E-state index contributed by atoms with van der Waals surface area (Å²) in [5.41, 5.74) is 1.08. The molecule has 3 nitrogen and oxygen atoms in total. The van der Waals surface area contributed by atoms with Crippen molar-refractivity contribution < 1.29 is 4.74 Å². The van der Waals surface area contributed by atoms with Crippen molar-refractivity contribution >= 4 is 5.82 Å². The SMILES string of the molecule is CC(c1ccccc1)N1CC(C)(C)Oc2cccnc21. The number of ether oxygens (including phenoxy) is 1. The van der Waals surface area contributed by atoms with Gasteiger partial charge in [0.05, 0.1) is 12.6 Å². The van der Waals surface area contributed by atoms with Crippen molar-refractivity contribution in [3.63, 3.8) is 0 Å². The number of rotatable bonds is 2. The molecule has 2 heterocycles. The Bertz CT molecular complexity index is 595. The zero-order valence-electron chi connectivity index (χ0n) is 12.2. The summed E-state index contributed by atoms with van der Waals surface area (Å²) in [7, 11) is 0. The largest absolute Gasteiger partial charge is 0.482 e. The molecule has 0 radical (unpaired) electrons. The topological polar surface area (TPSA) is 25.4 Å². The van der Waals surface area contributed by atoms with Crippen molar-refractivity contribution in [3.8, 4) is 5.75 Å². The number of fused-ring (bicyclic) bond motifs is 1. The molecule has 0 amide bonds. The van der Waals surface area contributed by atoms with Gasteiger partial charge in [0.15, 0.2) is 11.6 Å². The van der Waals surface area contributed by atoms with Gasteiger partial charge in [0.1, 0.15) is 5.60 Å². The average Bonchev–Trinajstić information content (AvgIpc) is 2.45. The van der Waals surface area contributed by atoms with E-state index in [1.165, 1.54) is 5.56 Å². The van der Waals surface area contributed by atoms with E-state index < -0.39 is 0 Å². The van der Waals surface area contributed by atoms with Crippen LogP contribution in [-0.2, 0) is 0 Å². The van der Waals surface area contributed by atoms with E-state index in [1.807, 2.05) is 24.4 Å². The first kappa shape index (κ1) is 13.0. The fourth-order valence-electron chi connectivity index (χ4n) is 2.72. The highest BCUT2D eigenvalue weighted by Crippen LogP contribution is 2.39. The van der Waals surface area contributed by atoms with Crippen LogP contribution in [0, 0.1) is 0 Å². The summed E-state index contributed by atoms with van der Waals surface area (Å²) in [5.74, 6) is 1.80. The first-order valence-electron chi connectivity index (χ1n) is 7.02. The summed E-state index contributed by atoms with van der Waals surface area (Å²) in [6.45, 7) is 7.28. The van der Waals surface area contributed by atoms with E-state index in [0.717, 1.165) is 18.1 Å². The molecule has 1 aromatic heterocycles. The number of pyridine rings is 1. The van der Waals surface area contributed by atoms with Crippen LogP contribution in [0.5, 0.6) is 5.75 Å². The van der Waals surface area contributed by atoms with Crippen LogP contribution in [0.15, 0.2) is 48.7 Å². The third kappa shape index (κ3) is 2.36. The highest BCUT2D eigenvalue weighted by molar-refractivity contribution is 5.56.